The minimum Gasteiger partial charge on any atom is -0.465 e. The highest BCUT2D eigenvalue weighted by Crippen LogP contribution is 2.34. The van der Waals surface area contributed by atoms with E-state index in [1.807, 2.05) is 31.1 Å². The van der Waals surface area contributed by atoms with Crippen LogP contribution in [0, 0.1) is 11.3 Å². The van der Waals surface area contributed by atoms with E-state index < -0.39 is 18.2 Å². The predicted octanol–water partition coefficient (Wildman–Crippen LogP) is 2.29. The van der Waals surface area contributed by atoms with Crippen molar-refractivity contribution in [1.29, 1.82) is 5.26 Å². The van der Waals surface area contributed by atoms with E-state index in [-0.39, 0.29) is 5.57 Å². The molecule has 0 aliphatic carbocycles. The average molecular weight is 300 g/mol. The normalized spacial score (nSPS) is 17.8. The van der Waals surface area contributed by atoms with Crippen LogP contribution in [-0.2, 0) is 0 Å². The maximum Gasteiger partial charge on any atom is 0.416 e. The number of anilines is 1. The molecule has 1 aromatic carbocycles. The molecule has 2 rings (SSSR count). The summed E-state index contributed by atoms with van der Waals surface area (Å²) in [5, 5.41) is 21.1. The van der Waals surface area contributed by atoms with Crippen LogP contribution in [0.15, 0.2) is 35.5 Å². The van der Waals surface area contributed by atoms with Gasteiger partial charge in [0.1, 0.15) is 6.04 Å². The van der Waals surface area contributed by atoms with Crippen molar-refractivity contribution in [2.45, 2.75) is 13.0 Å². The zero-order chi connectivity index (χ0) is 16.4. The van der Waals surface area contributed by atoms with Gasteiger partial charge >= 0.3 is 12.1 Å². The summed E-state index contributed by atoms with van der Waals surface area (Å²) in [4.78, 5) is 25.9. The molecule has 1 aliphatic heterocycles. The van der Waals surface area contributed by atoms with Crippen molar-refractivity contribution < 1.29 is 14.7 Å². The number of hydrogen-bond donors (Lipinski definition) is 2. The van der Waals surface area contributed by atoms with Crippen LogP contribution in [0.25, 0.3) is 0 Å². The molecule has 1 unspecified atom stereocenters. The number of benzene rings is 1. The van der Waals surface area contributed by atoms with Crippen LogP contribution in [0.5, 0.6) is 0 Å². The third kappa shape index (κ3) is 2.59. The number of nitrogens with one attached hydrogen (secondary N) is 1. The summed E-state index contributed by atoms with van der Waals surface area (Å²) in [7, 11) is 3.71. The standard InChI is InChI=1S/C15H16N4O3/c1-9-12(8-16)13(19(15(21)22)14(20)17-9)10-5-4-6-11(7-10)18(2)3/h4-7,13H,1-3H3,(H,17,20)(H,21,22). The number of imide groups is 1. The number of rotatable bonds is 2. The molecule has 1 aromatic rings. The number of nitrogens with zero attached hydrogens (tertiary/aromatic N) is 3. The molecule has 0 fully saturated rings. The quantitative estimate of drug-likeness (QED) is 0.873. The summed E-state index contributed by atoms with van der Waals surface area (Å²) in [6.45, 7) is 1.58. The molecule has 0 radical (unpaired) electrons. The second kappa shape index (κ2) is 5.77. The average Bonchev–Trinajstić information content (AvgIpc) is 2.46. The molecule has 0 saturated carbocycles. The van der Waals surface area contributed by atoms with Gasteiger partial charge in [-0.05, 0) is 24.6 Å². The Morgan fingerprint density at radius 2 is 2.14 bits per heavy atom. The van der Waals surface area contributed by atoms with Crippen LogP contribution < -0.4 is 10.2 Å². The Bertz CT molecular complexity index is 703. The van der Waals surface area contributed by atoms with Crippen LogP contribution in [-0.4, -0.2) is 36.2 Å². The topological polar surface area (TPSA) is 96.7 Å². The van der Waals surface area contributed by atoms with Gasteiger partial charge in [0.05, 0.1) is 11.6 Å². The van der Waals surface area contributed by atoms with Crippen molar-refractivity contribution in [3.8, 4) is 6.07 Å². The Morgan fingerprint density at radius 1 is 1.45 bits per heavy atom. The fourth-order valence-corrected chi connectivity index (χ4v) is 2.37. The van der Waals surface area contributed by atoms with Gasteiger partial charge in [0.15, 0.2) is 0 Å². The van der Waals surface area contributed by atoms with E-state index in [1.54, 1.807) is 25.1 Å². The number of carbonyl (C=O) groups is 2. The van der Waals surface area contributed by atoms with Gasteiger partial charge in [-0.1, -0.05) is 12.1 Å². The Morgan fingerprint density at radius 3 is 2.68 bits per heavy atom. The summed E-state index contributed by atoms with van der Waals surface area (Å²) < 4.78 is 0. The number of hydrogen-bond acceptors (Lipinski definition) is 4. The lowest BCUT2D eigenvalue weighted by Crippen LogP contribution is -2.49. The van der Waals surface area contributed by atoms with E-state index in [0.717, 1.165) is 5.69 Å². The molecule has 2 N–H and O–H groups in total. The lowest BCUT2D eigenvalue weighted by atomic mass is 9.94. The van der Waals surface area contributed by atoms with E-state index in [0.29, 0.717) is 16.2 Å². The Hall–Kier alpha value is -3.01. The second-order valence-electron chi connectivity index (χ2n) is 5.13. The monoisotopic (exact) mass is 300 g/mol. The summed E-state index contributed by atoms with van der Waals surface area (Å²) >= 11 is 0. The first kappa shape index (κ1) is 15.4. The summed E-state index contributed by atoms with van der Waals surface area (Å²) in [6.07, 6.45) is -1.40. The van der Waals surface area contributed by atoms with Crippen LogP contribution >= 0.6 is 0 Å². The van der Waals surface area contributed by atoms with E-state index >= 15 is 0 Å². The van der Waals surface area contributed by atoms with Crippen LogP contribution in [0.1, 0.15) is 18.5 Å². The Kier molecular flexibility index (Phi) is 4.04. The van der Waals surface area contributed by atoms with Crippen molar-refractivity contribution in [2.24, 2.45) is 0 Å². The number of amides is 3. The molecule has 1 aliphatic rings. The predicted molar refractivity (Wildman–Crippen MR) is 80.2 cm³/mol. The molecular formula is C15H16N4O3. The first-order valence-electron chi connectivity index (χ1n) is 6.58. The van der Waals surface area contributed by atoms with Crippen molar-refractivity contribution >= 4 is 17.8 Å². The second-order valence-corrected chi connectivity index (χ2v) is 5.13. The first-order chi connectivity index (χ1) is 10.4. The SMILES string of the molecule is CC1=C(C#N)C(c2cccc(N(C)C)c2)N(C(=O)O)C(=O)N1. The van der Waals surface area contributed by atoms with Gasteiger partial charge in [0, 0.05) is 25.5 Å². The summed E-state index contributed by atoms with van der Waals surface area (Å²) in [5.74, 6) is 0. The largest absolute Gasteiger partial charge is 0.465 e. The van der Waals surface area contributed by atoms with Gasteiger partial charge in [-0.2, -0.15) is 5.26 Å². The van der Waals surface area contributed by atoms with E-state index in [1.165, 1.54) is 0 Å². The van der Waals surface area contributed by atoms with Crippen molar-refractivity contribution in [3.63, 3.8) is 0 Å². The number of urea groups is 1. The lowest BCUT2D eigenvalue weighted by Gasteiger charge is -2.33. The molecular weight excluding hydrogens is 284 g/mol. The fourth-order valence-electron chi connectivity index (χ4n) is 2.37. The van der Waals surface area contributed by atoms with E-state index in [9.17, 15) is 20.0 Å². The molecule has 1 atom stereocenters. The van der Waals surface area contributed by atoms with Crippen molar-refractivity contribution in [1.82, 2.24) is 10.2 Å². The number of carbonyl (C=O) groups excluding carboxylic acids is 1. The zero-order valence-electron chi connectivity index (χ0n) is 12.5. The van der Waals surface area contributed by atoms with Crippen molar-refractivity contribution in [3.05, 3.63) is 41.1 Å². The van der Waals surface area contributed by atoms with Gasteiger partial charge in [-0.15, -0.1) is 0 Å². The molecule has 1 heterocycles. The first-order valence-corrected chi connectivity index (χ1v) is 6.58. The number of allylic oxidation sites excluding steroid dienone is 1. The molecule has 0 spiro atoms. The van der Waals surface area contributed by atoms with Gasteiger partial charge in [0.2, 0.25) is 0 Å². The van der Waals surface area contributed by atoms with Crippen LogP contribution in [0.2, 0.25) is 0 Å². The molecule has 7 heteroatoms. The zero-order valence-corrected chi connectivity index (χ0v) is 12.5. The van der Waals surface area contributed by atoms with Gasteiger partial charge in [-0.25, -0.2) is 14.5 Å². The maximum atomic E-state index is 12.0. The Balaban J connectivity index is 2.63. The molecule has 0 bridgehead atoms. The summed E-state index contributed by atoms with van der Waals surface area (Å²) in [5.41, 5.74) is 1.99. The molecule has 3 amide bonds. The number of nitriles is 1. The molecule has 0 saturated heterocycles. The van der Waals surface area contributed by atoms with E-state index in [4.69, 9.17) is 0 Å². The minimum absolute atomic E-state index is 0.206. The smallest absolute Gasteiger partial charge is 0.416 e. The van der Waals surface area contributed by atoms with Crippen LogP contribution in [0.3, 0.4) is 0 Å². The van der Waals surface area contributed by atoms with Crippen molar-refractivity contribution in [2.75, 3.05) is 19.0 Å². The summed E-state index contributed by atoms with van der Waals surface area (Å²) in [6, 6.07) is 7.39. The molecule has 7 nitrogen and oxygen atoms in total. The van der Waals surface area contributed by atoms with Gasteiger partial charge < -0.3 is 15.3 Å². The molecule has 22 heavy (non-hydrogen) atoms. The third-order valence-corrected chi connectivity index (χ3v) is 3.48. The molecule has 0 aromatic heterocycles. The molecule has 114 valence electrons. The maximum absolute atomic E-state index is 12.0. The highest BCUT2D eigenvalue weighted by atomic mass is 16.4. The minimum atomic E-state index is -1.40. The Labute approximate surface area is 128 Å². The highest BCUT2D eigenvalue weighted by Gasteiger charge is 2.38. The lowest BCUT2D eigenvalue weighted by molar-refractivity contribution is 0.136. The fraction of sp³-hybridized carbons (Fsp3) is 0.267. The van der Waals surface area contributed by atoms with Gasteiger partial charge in [-0.3, -0.25) is 0 Å². The third-order valence-electron chi connectivity index (χ3n) is 3.48. The van der Waals surface area contributed by atoms with Gasteiger partial charge in [0.25, 0.3) is 0 Å². The van der Waals surface area contributed by atoms with E-state index in [2.05, 4.69) is 5.32 Å². The number of carboxylic acid groups (broad SMARTS) is 1. The highest BCUT2D eigenvalue weighted by molar-refractivity contribution is 5.93. The van der Waals surface area contributed by atoms with Crippen LogP contribution in [0.4, 0.5) is 15.3 Å².